The predicted molar refractivity (Wildman–Crippen MR) is 65.4 cm³/mol. The Bertz CT molecular complexity index is 428. The van der Waals surface area contributed by atoms with Crippen LogP contribution in [0.15, 0.2) is 12.1 Å². The third-order valence-corrected chi connectivity index (χ3v) is 3.82. The summed E-state index contributed by atoms with van der Waals surface area (Å²) in [5.41, 5.74) is 2.07. The molecule has 0 aliphatic heterocycles. The largest absolute Gasteiger partial charge is 0.467 e. The second-order valence-electron chi connectivity index (χ2n) is 4.17. The van der Waals surface area contributed by atoms with Gasteiger partial charge in [-0.05, 0) is 36.1 Å². The highest BCUT2D eigenvalue weighted by atomic mass is 35.5. The van der Waals surface area contributed by atoms with Crippen LogP contribution in [0.1, 0.15) is 11.1 Å². The number of hydrogen-bond donors (Lipinski definition) is 1. The van der Waals surface area contributed by atoms with Crippen molar-refractivity contribution in [3.05, 3.63) is 33.3 Å². The van der Waals surface area contributed by atoms with Crippen LogP contribution in [0.5, 0.6) is 0 Å². The number of carbonyl (C=O) groups is 1. The van der Waals surface area contributed by atoms with Gasteiger partial charge >= 0.3 is 5.97 Å². The van der Waals surface area contributed by atoms with Crippen molar-refractivity contribution < 1.29 is 14.6 Å². The lowest BCUT2D eigenvalue weighted by molar-refractivity contribution is -0.153. The quantitative estimate of drug-likeness (QED) is 0.842. The van der Waals surface area contributed by atoms with Crippen LogP contribution >= 0.6 is 23.2 Å². The molecule has 0 bridgehead atoms. The molecule has 1 unspecified atom stereocenters. The Morgan fingerprint density at radius 2 is 1.82 bits per heavy atom. The summed E-state index contributed by atoms with van der Waals surface area (Å²) in [6.45, 7) is 0. The van der Waals surface area contributed by atoms with Crippen molar-refractivity contribution in [2.45, 2.75) is 18.9 Å². The van der Waals surface area contributed by atoms with Gasteiger partial charge in [-0.2, -0.15) is 0 Å². The molecule has 5 heteroatoms. The van der Waals surface area contributed by atoms with Crippen LogP contribution in [0.4, 0.5) is 0 Å². The molecule has 1 aliphatic carbocycles. The minimum absolute atomic E-state index is 0.160. The molecule has 0 aromatic heterocycles. The maximum Gasteiger partial charge on any atom is 0.334 e. The molecule has 17 heavy (non-hydrogen) atoms. The van der Waals surface area contributed by atoms with Crippen molar-refractivity contribution >= 4 is 29.2 Å². The zero-order valence-electron chi connectivity index (χ0n) is 9.24. The number of halogens is 2. The average Bonchev–Trinajstić information content (AvgIpc) is 2.70. The Balaban J connectivity index is 2.19. The van der Waals surface area contributed by atoms with E-state index in [9.17, 15) is 9.90 Å². The van der Waals surface area contributed by atoms with Gasteiger partial charge in [-0.3, -0.25) is 0 Å². The van der Waals surface area contributed by atoms with Crippen LogP contribution < -0.4 is 0 Å². The highest BCUT2D eigenvalue weighted by Gasteiger charge is 2.32. The topological polar surface area (TPSA) is 46.5 Å². The molecule has 2 rings (SSSR count). The molecule has 1 aliphatic rings. The molecule has 0 amide bonds. The highest BCUT2D eigenvalue weighted by Crippen LogP contribution is 2.34. The van der Waals surface area contributed by atoms with Crippen LogP contribution in [0, 0.1) is 5.92 Å². The summed E-state index contributed by atoms with van der Waals surface area (Å²) in [4.78, 5) is 11.3. The third-order valence-electron chi connectivity index (χ3n) is 3.10. The second kappa shape index (κ2) is 4.84. The molecule has 3 nitrogen and oxygen atoms in total. The number of hydrogen-bond acceptors (Lipinski definition) is 3. The molecule has 0 spiro atoms. The summed E-state index contributed by atoms with van der Waals surface area (Å²) in [6, 6.07) is 3.59. The third kappa shape index (κ3) is 2.41. The molecule has 0 saturated carbocycles. The first-order valence-corrected chi connectivity index (χ1v) is 6.01. The van der Waals surface area contributed by atoms with E-state index in [2.05, 4.69) is 4.74 Å². The fourth-order valence-electron chi connectivity index (χ4n) is 2.18. The van der Waals surface area contributed by atoms with Gasteiger partial charge in [-0.1, -0.05) is 23.2 Å². The summed E-state index contributed by atoms with van der Waals surface area (Å²) in [6.07, 6.45) is 0.135. The molecular formula is C12H12Cl2O3. The van der Waals surface area contributed by atoms with Crippen molar-refractivity contribution in [2.75, 3.05) is 7.11 Å². The fraction of sp³-hybridized carbons (Fsp3) is 0.417. The monoisotopic (exact) mass is 274 g/mol. The van der Waals surface area contributed by atoms with Crippen LogP contribution in [0.2, 0.25) is 10.0 Å². The number of carbonyl (C=O) groups excluding carboxylic acids is 1. The van der Waals surface area contributed by atoms with E-state index < -0.39 is 12.1 Å². The van der Waals surface area contributed by atoms with E-state index in [1.165, 1.54) is 7.11 Å². The SMILES string of the molecule is COC(=O)C(O)C1Cc2cc(Cl)c(Cl)cc2C1. The Morgan fingerprint density at radius 1 is 1.35 bits per heavy atom. The van der Waals surface area contributed by atoms with Crippen molar-refractivity contribution in [2.24, 2.45) is 5.92 Å². The first kappa shape index (κ1) is 12.7. The Morgan fingerprint density at radius 3 is 2.24 bits per heavy atom. The van der Waals surface area contributed by atoms with Gasteiger partial charge in [0, 0.05) is 5.92 Å². The van der Waals surface area contributed by atoms with Gasteiger partial charge in [-0.25, -0.2) is 4.79 Å². The number of rotatable bonds is 2. The van der Waals surface area contributed by atoms with E-state index in [1.54, 1.807) is 12.1 Å². The van der Waals surface area contributed by atoms with Gasteiger partial charge in [-0.15, -0.1) is 0 Å². The molecule has 1 aromatic rings. The first-order valence-electron chi connectivity index (χ1n) is 5.25. The van der Waals surface area contributed by atoms with E-state index in [0.29, 0.717) is 22.9 Å². The number of esters is 1. The predicted octanol–water partition coefficient (Wildman–Crippen LogP) is 2.24. The highest BCUT2D eigenvalue weighted by molar-refractivity contribution is 6.42. The molecule has 0 radical (unpaired) electrons. The van der Waals surface area contributed by atoms with Gasteiger partial charge in [0.25, 0.3) is 0 Å². The average molecular weight is 275 g/mol. The van der Waals surface area contributed by atoms with E-state index >= 15 is 0 Å². The second-order valence-corrected chi connectivity index (χ2v) is 4.99. The van der Waals surface area contributed by atoms with Gasteiger partial charge in [0.05, 0.1) is 17.2 Å². The van der Waals surface area contributed by atoms with E-state index in [4.69, 9.17) is 23.2 Å². The van der Waals surface area contributed by atoms with Crippen molar-refractivity contribution in [3.63, 3.8) is 0 Å². The maximum atomic E-state index is 11.3. The van der Waals surface area contributed by atoms with Crippen LogP contribution in [0.25, 0.3) is 0 Å². The summed E-state index contributed by atoms with van der Waals surface area (Å²) >= 11 is 11.8. The van der Waals surface area contributed by atoms with E-state index in [1.807, 2.05) is 0 Å². The lowest BCUT2D eigenvalue weighted by atomic mass is 9.99. The van der Waals surface area contributed by atoms with Crippen LogP contribution in [-0.2, 0) is 22.4 Å². The minimum Gasteiger partial charge on any atom is -0.467 e. The molecule has 1 N–H and O–H groups in total. The summed E-state index contributed by atoms with van der Waals surface area (Å²) in [5, 5.41) is 10.8. The summed E-state index contributed by atoms with van der Waals surface area (Å²) < 4.78 is 4.53. The van der Waals surface area contributed by atoms with E-state index in [-0.39, 0.29) is 5.92 Å². The van der Waals surface area contributed by atoms with Crippen LogP contribution in [0.3, 0.4) is 0 Å². The molecule has 0 fully saturated rings. The molecule has 1 aromatic carbocycles. The number of aliphatic hydroxyl groups excluding tert-OH is 1. The molecule has 0 heterocycles. The molecular weight excluding hydrogens is 263 g/mol. The number of aliphatic hydroxyl groups is 1. The molecule has 1 atom stereocenters. The number of ether oxygens (including phenoxy) is 1. The fourth-order valence-corrected chi connectivity index (χ4v) is 2.56. The lowest BCUT2D eigenvalue weighted by Gasteiger charge is -2.14. The maximum absolute atomic E-state index is 11.3. The minimum atomic E-state index is -1.09. The Labute approximate surface area is 109 Å². The normalized spacial score (nSPS) is 16.7. The zero-order chi connectivity index (χ0) is 12.6. The molecule has 92 valence electrons. The lowest BCUT2D eigenvalue weighted by Crippen LogP contribution is -2.31. The van der Waals surface area contributed by atoms with Gasteiger partial charge in [0.2, 0.25) is 0 Å². The van der Waals surface area contributed by atoms with Crippen molar-refractivity contribution in [1.29, 1.82) is 0 Å². The summed E-state index contributed by atoms with van der Waals surface area (Å²) in [5.74, 6) is -0.757. The van der Waals surface area contributed by atoms with Gasteiger partial charge < -0.3 is 9.84 Å². The number of fused-ring (bicyclic) bond motifs is 1. The van der Waals surface area contributed by atoms with Crippen molar-refractivity contribution in [1.82, 2.24) is 0 Å². The summed E-state index contributed by atoms with van der Waals surface area (Å²) in [7, 11) is 1.27. The molecule has 0 saturated heterocycles. The van der Waals surface area contributed by atoms with Crippen LogP contribution in [-0.4, -0.2) is 24.3 Å². The van der Waals surface area contributed by atoms with Crippen molar-refractivity contribution in [3.8, 4) is 0 Å². The zero-order valence-corrected chi connectivity index (χ0v) is 10.8. The smallest absolute Gasteiger partial charge is 0.334 e. The Kier molecular flexibility index (Phi) is 3.61. The Hall–Kier alpha value is -0.770. The van der Waals surface area contributed by atoms with Gasteiger partial charge in [0.1, 0.15) is 0 Å². The number of methoxy groups -OCH3 is 1. The van der Waals surface area contributed by atoms with E-state index in [0.717, 1.165) is 11.1 Å². The standard InChI is InChI=1S/C12H12Cl2O3/c1-17-12(16)11(15)8-2-6-4-9(13)10(14)5-7(6)3-8/h4-5,8,11,15H,2-3H2,1H3. The van der Waals surface area contributed by atoms with Gasteiger partial charge in [0.15, 0.2) is 6.10 Å². The first-order chi connectivity index (χ1) is 8.02. The number of benzene rings is 1.